The molecule has 3 nitrogen and oxygen atoms in total. The number of hydrogen-bond acceptors (Lipinski definition) is 2. The molecule has 0 aliphatic rings. The maximum Gasteiger partial charge on any atom is 0.416 e. The molecule has 0 radical (unpaired) electrons. The molecule has 0 heterocycles. The highest BCUT2D eigenvalue weighted by Gasteiger charge is 2.29. The van der Waals surface area contributed by atoms with Gasteiger partial charge < -0.3 is 10.4 Å². The summed E-state index contributed by atoms with van der Waals surface area (Å²) in [6.45, 7) is 0.0422. The molecule has 0 aliphatic carbocycles. The van der Waals surface area contributed by atoms with E-state index < -0.39 is 17.6 Å². The summed E-state index contributed by atoms with van der Waals surface area (Å²) in [5, 5.41) is 12.4. The number of phenols is 1. The van der Waals surface area contributed by atoms with Crippen molar-refractivity contribution in [3.63, 3.8) is 0 Å². The number of aromatic hydroxyl groups is 1. The molecule has 23 heavy (non-hydrogen) atoms. The number of rotatable bonds is 3. The largest absolute Gasteiger partial charge is 0.506 e. The first-order valence-electron chi connectivity index (χ1n) is 6.31. The van der Waals surface area contributed by atoms with E-state index in [-0.39, 0.29) is 17.9 Å². The van der Waals surface area contributed by atoms with Gasteiger partial charge >= 0.3 is 6.18 Å². The quantitative estimate of drug-likeness (QED) is 0.698. The van der Waals surface area contributed by atoms with Gasteiger partial charge in [-0.1, -0.05) is 28.1 Å². The topological polar surface area (TPSA) is 49.3 Å². The second kappa shape index (κ2) is 6.92. The maximum absolute atomic E-state index is 12.5. The maximum atomic E-state index is 12.5. The molecule has 2 rings (SSSR count). The Labute approximate surface area is 146 Å². The summed E-state index contributed by atoms with van der Waals surface area (Å²) in [5.74, 6) is -0.748. The monoisotopic (exact) mass is 451 g/mol. The highest BCUT2D eigenvalue weighted by Crippen LogP contribution is 2.32. The van der Waals surface area contributed by atoms with Gasteiger partial charge in [0.2, 0.25) is 0 Å². The average molecular weight is 453 g/mol. The summed E-state index contributed by atoms with van der Waals surface area (Å²) in [5.41, 5.74) is -0.181. The molecule has 122 valence electrons. The normalized spacial score (nSPS) is 11.3. The number of phenolic OH excluding ortho intramolecular Hbond substituents is 1. The molecule has 0 saturated carbocycles. The molecule has 0 saturated heterocycles. The SMILES string of the molecule is O=C(NCc1ccc(C(F)(F)F)cc1)c1cc(Br)cc(Br)c1O. The number of halogens is 5. The van der Waals surface area contributed by atoms with Crippen LogP contribution in [0.3, 0.4) is 0 Å². The first-order valence-corrected chi connectivity index (χ1v) is 7.89. The molecule has 2 aromatic carbocycles. The van der Waals surface area contributed by atoms with Crippen LogP contribution >= 0.6 is 31.9 Å². The third-order valence-corrected chi connectivity index (χ3v) is 4.07. The van der Waals surface area contributed by atoms with E-state index in [9.17, 15) is 23.1 Å². The minimum Gasteiger partial charge on any atom is -0.506 e. The molecule has 0 unspecified atom stereocenters. The van der Waals surface area contributed by atoms with Crippen molar-refractivity contribution < 1.29 is 23.1 Å². The van der Waals surface area contributed by atoms with Crippen LogP contribution in [0.5, 0.6) is 5.75 Å². The second-order valence-corrected chi connectivity index (χ2v) is 6.43. The Kier molecular flexibility index (Phi) is 5.36. The zero-order valence-corrected chi connectivity index (χ0v) is 14.6. The number of carbonyl (C=O) groups excluding carboxylic acids is 1. The lowest BCUT2D eigenvalue weighted by molar-refractivity contribution is -0.137. The zero-order valence-electron chi connectivity index (χ0n) is 11.4. The third kappa shape index (κ3) is 4.48. The average Bonchev–Trinajstić information content (AvgIpc) is 2.48. The second-order valence-electron chi connectivity index (χ2n) is 4.66. The van der Waals surface area contributed by atoms with E-state index in [2.05, 4.69) is 37.2 Å². The van der Waals surface area contributed by atoms with Gasteiger partial charge in [0.1, 0.15) is 5.75 Å². The minimum absolute atomic E-state index is 0.0422. The molecule has 0 spiro atoms. The Hall–Kier alpha value is -1.54. The Balaban J connectivity index is 2.08. The Morgan fingerprint density at radius 1 is 1.13 bits per heavy atom. The van der Waals surface area contributed by atoms with E-state index in [1.165, 1.54) is 18.2 Å². The fourth-order valence-corrected chi connectivity index (χ4v) is 3.05. The van der Waals surface area contributed by atoms with Crippen LogP contribution < -0.4 is 5.32 Å². The molecule has 1 amide bonds. The van der Waals surface area contributed by atoms with Crippen molar-refractivity contribution in [2.75, 3.05) is 0 Å². The van der Waals surface area contributed by atoms with E-state index in [0.717, 1.165) is 12.1 Å². The van der Waals surface area contributed by atoms with Crippen LogP contribution in [0, 0.1) is 0 Å². The molecule has 0 bridgehead atoms. The molecule has 0 aliphatic heterocycles. The van der Waals surface area contributed by atoms with Gasteiger partial charge in [-0.05, 0) is 45.8 Å². The van der Waals surface area contributed by atoms with E-state index in [4.69, 9.17) is 0 Å². The number of carbonyl (C=O) groups is 1. The van der Waals surface area contributed by atoms with Gasteiger partial charge in [-0.3, -0.25) is 4.79 Å². The highest BCUT2D eigenvalue weighted by atomic mass is 79.9. The predicted molar refractivity (Wildman–Crippen MR) is 86.1 cm³/mol. The van der Waals surface area contributed by atoms with Gasteiger partial charge in [-0.25, -0.2) is 0 Å². The van der Waals surface area contributed by atoms with Gasteiger partial charge in [0.15, 0.2) is 0 Å². The van der Waals surface area contributed by atoms with Crippen LogP contribution in [-0.2, 0) is 12.7 Å². The smallest absolute Gasteiger partial charge is 0.416 e. The third-order valence-electron chi connectivity index (χ3n) is 3.01. The Bertz CT molecular complexity index is 731. The van der Waals surface area contributed by atoms with Crippen LogP contribution in [0.25, 0.3) is 0 Å². The standard InChI is InChI=1S/C15H10Br2F3NO2/c16-10-5-11(13(22)12(17)6-10)14(23)21-7-8-1-3-9(4-2-8)15(18,19)20/h1-6,22H,7H2,(H,21,23). The summed E-state index contributed by atoms with van der Waals surface area (Å²) >= 11 is 6.33. The predicted octanol–water partition coefficient (Wildman–Crippen LogP) is 4.87. The number of alkyl halides is 3. The lowest BCUT2D eigenvalue weighted by atomic mass is 10.1. The number of hydrogen-bond donors (Lipinski definition) is 2. The van der Waals surface area contributed by atoms with Crippen LogP contribution in [0.4, 0.5) is 13.2 Å². The van der Waals surface area contributed by atoms with E-state index >= 15 is 0 Å². The van der Waals surface area contributed by atoms with Crippen molar-refractivity contribution in [2.45, 2.75) is 12.7 Å². The number of amides is 1. The van der Waals surface area contributed by atoms with Gasteiger partial charge in [0.05, 0.1) is 15.6 Å². The van der Waals surface area contributed by atoms with Crippen molar-refractivity contribution in [2.24, 2.45) is 0 Å². The molecule has 8 heteroatoms. The lowest BCUT2D eigenvalue weighted by Crippen LogP contribution is -2.23. The first-order chi connectivity index (χ1) is 10.7. The molecule has 0 aromatic heterocycles. The summed E-state index contributed by atoms with van der Waals surface area (Å²) < 4.78 is 38.4. The van der Waals surface area contributed by atoms with Crippen LogP contribution in [0.15, 0.2) is 45.3 Å². The van der Waals surface area contributed by atoms with E-state index in [1.54, 1.807) is 6.07 Å². The lowest BCUT2D eigenvalue weighted by Gasteiger charge is -2.10. The number of nitrogens with one attached hydrogen (secondary N) is 1. The van der Waals surface area contributed by atoms with Gasteiger partial charge in [0, 0.05) is 11.0 Å². The molecule has 0 fully saturated rings. The van der Waals surface area contributed by atoms with Crippen molar-refractivity contribution in [1.82, 2.24) is 5.32 Å². The number of benzene rings is 2. The van der Waals surface area contributed by atoms with Crippen molar-refractivity contribution in [3.8, 4) is 5.75 Å². The first kappa shape index (κ1) is 17.8. The molecule has 0 atom stereocenters. The Morgan fingerprint density at radius 3 is 2.30 bits per heavy atom. The summed E-state index contributed by atoms with van der Waals surface area (Å²) in [6, 6.07) is 7.52. The zero-order chi connectivity index (χ0) is 17.2. The Morgan fingerprint density at radius 2 is 1.74 bits per heavy atom. The fraction of sp³-hybridized carbons (Fsp3) is 0.133. The summed E-state index contributed by atoms with van der Waals surface area (Å²) in [7, 11) is 0. The van der Waals surface area contributed by atoms with Crippen LogP contribution in [-0.4, -0.2) is 11.0 Å². The van der Waals surface area contributed by atoms with E-state index in [0.29, 0.717) is 14.5 Å². The highest BCUT2D eigenvalue weighted by molar-refractivity contribution is 9.11. The summed E-state index contributed by atoms with van der Waals surface area (Å²) in [4.78, 5) is 12.1. The van der Waals surface area contributed by atoms with Gasteiger partial charge in [0.25, 0.3) is 5.91 Å². The van der Waals surface area contributed by atoms with Crippen molar-refractivity contribution in [3.05, 3.63) is 62.0 Å². The van der Waals surface area contributed by atoms with E-state index in [1.807, 2.05) is 0 Å². The molecular weight excluding hydrogens is 443 g/mol. The molecular formula is C15H10Br2F3NO2. The minimum atomic E-state index is -4.39. The molecule has 2 N–H and O–H groups in total. The molecule has 2 aromatic rings. The van der Waals surface area contributed by atoms with Crippen molar-refractivity contribution in [1.29, 1.82) is 0 Å². The van der Waals surface area contributed by atoms with Crippen molar-refractivity contribution >= 4 is 37.8 Å². The summed E-state index contributed by atoms with van der Waals surface area (Å²) in [6.07, 6.45) is -4.39. The fourth-order valence-electron chi connectivity index (χ4n) is 1.83. The van der Waals surface area contributed by atoms with Crippen LogP contribution in [0.1, 0.15) is 21.5 Å². The van der Waals surface area contributed by atoms with Crippen LogP contribution in [0.2, 0.25) is 0 Å². The van der Waals surface area contributed by atoms with Gasteiger partial charge in [-0.2, -0.15) is 13.2 Å². The van der Waals surface area contributed by atoms with Gasteiger partial charge in [-0.15, -0.1) is 0 Å².